The Morgan fingerprint density at radius 1 is 1.56 bits per heavy atom. The Balaban J connectivity index is 1.95. The second-order valence-electron chi connectivity index (χ2n) is 5.06. The van der Waals surface area contributed by atoms with Crippen LogP contribution in [0.3, 0.4) is 0 Å². The average molecular weight is 358 g/mol. The summed E-state index contributed by atoms with van der Waals surface area (Å²) in [4.78, 5) is 14.4. The van der Waals surface area contributed by atoms with Gasteiger partial charge in [-0.15, -0.1) is 0 Å². The van der Waals surface area contributed by atoms with Crippen LogP contribution in [0.4, 0.5) is 5.69 Å². The van der Waals surface area contributed by atoms with Crippen LogP contribution in [-0.4, -0.2) is 29.9 Å². The second-order valence-corrected chi connectivity index (χ2v) is 6.31. The predicted molar refractivity (Wildman–Crippen MR) is 82.6 cm³/mol. The smallest absolute Gasteiger partial charge is 0.241 e. The molecule has 0 aromatic heterocycles. The van der Waals surface area contributed by atoms with Crippen LogP contribution >= 0.6 is 22.6 Å². The number of rotatable bonds is 3. The number of halogens is 1. The van der Waals surface area contributed by atoms with Crippen molar-refractivity contribution in [3.8, 4) is 0 Å². The van der Waals surface area contributed by atoms with Crippen LogP contribution in [0.15, 0.2) is 24.3 Å². The highest BCUT2D eigenvalue weighted by Crippen LogP contribution is 2.19. The normalized spacial score (nSPS) is 21.8. The van der Waals surface area contributed by atoms with Crippen molar-refractivity contribution in [1.29, 1.82) is 0 Å². The lowest BCUT2D eigenvalue weighted by molar-refractivity contribution is -0.120. The topological polar surface area (TPSA) is 32.3 Å². The molecule has 18 heavy (non-hydrogen) atoms. The van der Waals surface area contributed by atoms with Crippen LogP contribution in [-0.2, 0) is 4.79 Å². The molecule has 0 radical (unpaired) electrons. The molecular formula is C14H19IN2O. The quantitative estimate of drug-likeness (QED) is 0.843. The molecule has 1 aromatic rings. The molecule has 1 heterocycles. The fourth-order valence-corrected chi connectivity index (χ4v) is 2.84. The first-order chi connectivity index (χ1) is 8.56. The summed E-state index contributed by atoms with van der Waals surface area (Å²) < 4.78 is 1.13. The largest absolute Gasteiger partial charge is 0.325 e. The van der Waals surface area contributed by atoms with Crippen LogP contribution < -0.4 is 5.32 Å². The van der Waals surface area contributed by atoms with E-state index in [1.165, 1.54) is 6.42 Å². The lowest BCUT2D eigenvalue weighted by atomic mass is 10.2. The monoisotopic (exact) mass is 358 g/mol. The number of nitrogens with one attached hydrogen (secondary N) is 1. The van der Waals surface area contributed by atoms with E-state index in [4.69, 9.17) is 0 Å². The highest BCUT2D eigenvalue weighted by atomic mass is 127. The Labute approximate surface area is 122 Å². The van der Waals surface area contributed by atoms with Crippen molar-refractivity contribution in [3.63, 3.8) is 0 Å². The Morgan fingerprint density at radius 3 is 2.94 bits per heavy atom. The minimum Gasteiger partial charge on any atom is -0.325 e. The predicted octanol–water partition coefficient (Wildman–Crippen LogP) is 2.96. The van der Waals surface area contributed by atoms with Gasteiger partial charge in [-0.2, -0.15) is 0 Å². The summed E-state index contributed by atoms with van der Waals surface area (Å²) >= 11 is 2.25. The van der Waals surface area contributed by atoms with Gasteiger partial charge in [0.2, 0.25) is 5.91 Å². The molecule has 0 spiro atoms. The summed E-state index contributed by atoms with van der Waals surface area (Å²) in [7, 11) is 0. The minimum absolute atomic E-state index is 0.0483. The van der Waals surface area contributed by atoms with Gasteiger partial charge in [-0.05, 0) is 66.6 Å². The number of nitrogens with zero attached hydrogens (tertiary/aromatic N) is 1. The molecular weight excluding hydrogens is 339 g/mol. The standard InChI is InChI=1S/C14H19IN2O/c1-10-6-7-17(9-10)11(2)14(18)16-13-5-3-4-12(15)8-13/h3-5,8,10-11H,6-7,9H2,1-2H3,(H,16,18). The molecule has 1 aromatic carbocycles. The first-order valence-corrected chi connectivity index (χ1v) is 7.44. The van der Waals surface area contributed by atoms with E-state index in [0.717, 1.165) is 22.3 Å². The maximum absolute atomic E-state index is 12.2. The van der Waals surface area contributed by atoms with Crippen molar-refractivity contribution in [3.05, 3.63) is 27.8 Å². The number of carbonyl (C=O) groups excluding carboxylic acids is 1. The molecule has 0 aliphatic carbocycles. The third-order valence-electron chi connectivity index (χ3n) is 3.47. The van der Waals surface area contributed by atoms with Gasteiger partial charge in [0.15, 0.2) is 0 Å². The Bertz CT molecular complexity index is 436. The highest BCUT2D eigenvalue weighted by Gasteiger charge is 2.27. The van der Waals surface area contributed by atoms with Gasteiger partial charge in [0.1, 0.15) is 0 Å². The zero-order valence-electron chi connectivity index (χ0n) is 10.8. The van der Waals surface area contributed by atoms with E-state index >= 15 is 0 Å². The summed E-state index contributed by atoms with van der Waals surface area (Å²) in [6.07, 6.45) is 1.20. The molecule has 1 fully saturated rings. The molecule has 3 nitrogen and oxygen atoms in total. The Hall–Kier alpha value is -0.620. The van der Waals surface area contributed by atoms with E-state index in [9.17, 15) is 4.79 Å². The minimum atomic E-state index is -0.0483. The molecule has 2 rings (SSSR count). The van der Waals surface area contributed by atoms with Crippen molar-refractivity contribution in [2.45, 2.75) is 26.3 Å². The van der Waals surface area contributed by atoms with Crippen LogP contribution in [0.1, 0.15) is 20.3 Å². The second kappa shape index (κ2) is 6.02. The van der Waals surface area contributed by atoms with Gasteiger partial charge in [0, 0.05) is 15.8 Å². The van der Waals surface area contributed by atoms with Crippen LogP contribution in [0.5, 0.6) is 0 Å². The van der Waals surface area contributed by atoms with Crippen LogP contribution in [0.25, 0.3) is 0 Å². The van der Waals surface area contributed by atoms with Crippen molar-refractivity contribution >= 4 is 34.2 Å². The number of hydrogen-bond donors (Lipinski definition) is 1. The SMILES string of the molecule is CC1CCN(C(C)C(=O)Nc2cccc(I)c2)C1. The third kappa shape index (κ3) is 3.45. The number of carbonyl (C=O) groups is 1. The lowest BCUT2D eigenvalue weighted by Crippen LogP contribution is -2.40. The molecule has 1 amide bonds. The van der Waals surface area contributed by atoms with E-state index in [2.05, 4.69) is 39.7 Å². The van der Waals surface area contributed by atoms with E-state index in [0.29, 0.717) is 5.92 Å². The number of hydrogen-bond acceptors (Lipinski definition) is 2. The molecule has 4 heteroatoms. The van der Waals surface area contributed by atoms with Gasteiger partial charge in [-0.3, -0.25) is 9.69 Å². The van der Waals surface area contributed by atoms with Crippen molar-refractivity contribution < 1.29 is 4.79 Å². The molecule has 1 saturated heterocycles. The lowest BCUT2D eigenvalue weighted by Gasteiger charge is -2.23. The summed E-state index contributed by atoms with van der Waals surface area (Å²) in [5, 5.41) is 2.99. The highest BCUT2D eigenvalue weighted by molar-refractivity contribution is 14.1. The molecule has 1 N–H and O–H groups in total. The fourth-order valence-electron chi connectivity index (χ4n) is 2.30. The average Bonchev–Trinajstić information content (AvgIpc) is 2.75. The maximum atomic E-state index is 12.2. The summed E-state index contributed by atoms with van der Waals surface area (Å²) in [6.45, 7) is 6.29. The molecule has 0 bridgehead atoms. The van der Waals surface area contributed by atoms with E-state index in [-0.39, 0.29) is 11.9 Å². The van der Waals surface area contributed by atoms with Gasteiger partial charge >= 0.3 is 0 Å². The number of amides is 1. The number of benzene rings is 1. The van der Waals surface area contributed by atoms with Crippen molar-refractivity contribution in [2.24, 2.45) is 5.92 Å². The van der Waals surface area contributed by atoms with Gasteiger partial charge in [0.05, 0.1) is 6.04 Å². The van der Waals surface area contributed by atoms with Crippen LogP contribution in [0.2, 0.25) is 0 Å². The van der Waals surface area contributed by atoms with E-state index in [1.807, 2.05) is 31.2 Å². The van der Waals surface area contributed by atoms with Crippen molar-refractivity contribution in [1.82, 2.24) is 4.90 Å². The van der Waals surface area contributed by atoms with E-state index in [1.54, 1.807) is 0 Å². The third-order valence-corrected chi connectivity index (χ3v) is 4.15. The first-order valence-electron chi connectivity index (χ1n) is 6.37. The first kappa shape index (κ1) is 13.8. The Kier molecular flexibility index (Phi) is 4.61. The molecule has 0 saturated carbocycles. The number of anilines is 1. The Morgan fingerprint density at radius 2 is 2.33 bits per heavy atom. The molecule has 98 valence electrons. The fraction of sp³-hybridized carbons (Fsp3) is 0.500. The summed E-state index contributed by atoms with van der Waals surface area (Å²) in [6, 6.07) is 7.84. The molecule has 2 atom stereocenters. The zero-order chi connectivity index (χ0) is 13.1. The van der Waals surface area contributed by atoms with Gasteiger partial charge in [-0.25, -0.2) is 0 Å². The van der Waals surface area contributed by atoms with Crippen molar-refractivity contribution in [2.75, 3.05) is 18.4 Å². The molecule has 2 unspecified atom stereocenters. The maximum Gasteiger partial charge on any atom is 0.241 e. The van der Waals surface area contributed by atoms with Gasteiger partial charge in [0.25, 0.3) is 0 Å². The molecule has 1 aliphatic rings. The number of likely N-dealkylation sites (tertiary alicyclic amines) is 1. The van der Waals surface area contributed by atoms with E-state index < -0.39 is 0 Å². The van der Waals surface area contributed by atoms with Gasteiger partial charge in [-0.1, -0.05) is 13.0 Å². The summed E-state index contributed by atoms with van der Waals surface area (Å²) in [5.41, 5.74) is 0.881. The molecule has 1 aliphatic heterocycles. The van der Waals surface area contributed by atoms with Gasteiger partial charge < -0.3 is 5.32 Å². The zero-order valence-corrected chi connectivity index (χ0v) is 13.0. The summed E-state index contributed by atoms with van der Waals surface area (Å²) in [5.74, 6) is 0.795. The van der Waals surface area contributed by atoms with Crippen LogP contribution in [0, 0.1) is 9.49 Å².